The van der Waals surface area contributed by atoms with Gasteiger partial charge in [0.15, 0.2) is 0 Å². The number of halogens is 1. The van der Waals surface area contributed by atoms with Crippen LogP contribution >= 0.6 is 11.6 Å². The van der Waals surface area contributed by atoms with Gasteiger partial charge in [0.1, 0.15) is 0 Å². The zero-order valence-electron chi connectivity index (χ0n) is 18.0. The Balaban J connectivity index is 1.57. The summed E-state index contributed by atoms with van der Waals surface area (Å²) in [4.78, 5) is 18.4. The molecule has 10 heteroatoms. The van der Waals surface area contributed by atoms with Gasteiger partial charge in [-0.05, 0) is 43.2 Å². The van der Waals surface area contributed by atoms with Crippen LogP contribution in [-0.4, -0.2) is 67.9 Å². The molecule has 1 aromatic carbocycles. The fraction of sp³-hybridized carbons (Fsp3) is 0.455. The minimum absolute atomic E-state index is 0.0208. The number of carbonyl (C=O) groups excluding carboxylic acids is 1. The standard InChI is InChI=1S/C22H27ClN4O4S/c1-31-22(28)17-8-9-19(24-15-17)16-27(21-7-2-4-18(23)14-21)32(29,30)26-12-10-25(11-13-26)20-5-3-6-20/h2,4,7-9,14-15,20H,3,5-6,10-13,16H2,1H3. The molecule has 0 radical (unpaired) electrons. The summed E-state index contributed by atoms with van der Waals surface area (Å²) in [6.45, 7) is 2.39. The van der Waals surface area contributed by atoms with Crippen LogP contribution in [0.25, 0.3) is 0 Å². The number of benzene rings is 1. The van der Waals surface area contributed by atoms with Gasteiger partial charge in [0, 0.05) is 43.4 Å². The van der Waals surface area contributed by atoms with Crippen molar-refractivity contribution < 1.29 is 17.9 Å². The number of hydrogen-bond acceptors (Lipinski definition) is 6. The van der Waals surface area contributed by atoms with Crippen LogP contribution in [0.1, 0.15) is 35.3 Å². The maximum Gasteiger partial charge on any atom is 0.339 e. The first-order chi connectivity index (χ1) is 15.4. The number of ether oxygens (including phenoxy) is 1. The summed E-state index contributed by atoms with van der Waals surface area (Å²) in [5.74, 6) is -0.493. The van der Waals surface area contributed by atoms with Gasteiger partial charge in [0.05, 0.1) is 30.6 Å². The van der Waals surface area contributed by atoms with Crippen LogP contribution in [0.3, 0.4) is 0 Å². The summed E-state index contributed by atoms with van der Waals surface area (Å²) in [6.07, 6.45) is 5.05. The Bertz CT molecular complexity index is 1050. The Kier molecular flexibility index (Phi) is 6.99. The maximum absolute atomic E-state index is 13.7. The van der Waals surface area contributed by atoms with Gasteiger partial charge in [0.2, 0.25) is 0 Å². The number of piperazine rings is 1. The first-order valence-corrected chi connectivity index (χ1v) is 12.5. The van der Waals surface area contributed by atoms with Crippen LogP contribution in [0.15, 0.2) is 42.6 Å². The predicted molar refractivity (Wildman–Crippen MR) is 123 cm³/mol. The summed E-state index contributed by atoms with van der Waals surface area (Å²) in [6, 6.07) is 10.6. The monoisotopic (exact) mass is 478 g/mol. The number of anilines is 1. The Hall–Kier alpha value is -2.20. The lowest BCUT2D eigenvalue weighted by Crippen LogP contribution is -2.56. The van der Waals surface area contributed by atoms with Crippen LogP contribution in [0.2, 0.25) is 5.02 Å². The highest BCUT2D eigenvalue weighted by Crippen LogP contribution is 2.29. The molecule has 8 nitrogen and oxygen atoms in total. The second kappa shape index (κ2) is 9.74. The molecule has 0 unspecified atom stereocenters. The highest BCUT2D eigenvalue weighted by molar-refractivity contribution is 7.90. The molecular formula is C22H27ClN4O4S. The van der Waals surface area contributed by atoms with E-state index >= 15 is 0 Å². The predicted octanol–water partition coefficient (Wildman–Crippen LogP) is 2.94. The van der Waals surface area contributed by atoms with Crippen LogP contribution in [0.5, 0.6) is 0 Å². The SMILES string of the molecule is COC(=O)c1ccc(CN(c2cccc(Cl)c2)S(=O)(=O)N2CCN(C3CCC3)CC2)nc1. The molecule has 1 aliphatic heterocycles. The van der Waals surface area contributed by atoms with Crippen molar-refractivity contribution in [1.29, 1.82) is 0 Å². The topological polar surface area (TPSA) is 83.0 Å². The Labute approximate surface area is 193 Å². The van der Waals surface area contributed by atoms with Crippen LogP contribution in [0.4, 0.5) is 5.69 Å². The van der Waals surface area contributed by atoms with Crippen LogP contribution < -0.4 is 4.31 Å². The van der Waals surface area contributed by atoms with Crippen molar-refractivity contribution in [1.82, 2.24) is 14.2 Å². The van der Waals surface area contributed by atoms with Crippen molar-refractivity contribution in [3.8, 4) is 0 Å². The lowest BCUT2D eigenvalue weighted by Gasteiger charge is -2.43. The minimum Gasteiger partial charge on any atom is -0.465 e. The molecule has 0 bridgehead atoms. The van der Waals surface area contributed by atoms with E-state index in [0.717, 1.165) is 13.1 Å². The summed E-state index contributed by atoms with van der Waals surface area (Å²) < 4.78 is 34.9. The average Bonchev–Trinajstić information content (AvgIpc) is 2.76. The highest BCUT2D eigenvalue weighted by Gasteiger charge is 2.35. The van der Waals surface area contributed by atoms with Gasteiger partial charge < -0.3 is 4.74 Å². The van der Waals surface area contributed by atoms with Gasteiger partial charge in [-0.15, -0.1) is 0 Å². The van der Waals surface area contributed by atoms with E-state index in [1.807, 2.05) is 0 Å². The molecule has 2 heterocycles. The number of methoxy groups -OCH3 is 1. The van der Waals surface area contributed by atoms with Crippen LogP contribution in [0, 0.1) is 0 Å². The molecule has 0 N–H and O–H groups in total. The normalized spacial score (nSPS) is 18.2. The van der Waals surface area contributed by atoms with Gasteiger partial charge in [-0.1, -0.05) is 24.1 Å². The number of aromatic nitrogens is 1. The molecule has 2 aromatic rings. The van der Waals surface area contributed by atoms with Crippen molar-refractivity contribution in [3.63, 3.8) is 0 Å². The van der Waals surface area contributed by atoms with Crippen molar-refractivity contribution in [2.24, 2.45) is 0 Å². The molecule has 32 heavy (non-hydrogen) atoms. The first kappa shape index (κ1) is 23.0. The molecular weight excluding hydrogens is 452 g/mol. The molecule has 0 amide bonds. The van der Waals surface area contributed by atoms with E-state index < -0.39 is 16.2 Å². The van der Waals surface area contributed by atoms with Gasteiger partial charge in [0.25, 0.3) is 0 Å². The van der Waals surface area contributed by atoms with Crippen molar-refractivity contribution >= 4 is 33.5 Å². The molecule has 172 valence electrons. The second-order valence-corrected chi connectivity index (χ2v) is 10.3. The van der Waals surface area contributed by atoms with Gasteiger partial charge >= 0.3 is 16.2 Å². The number of carbonyl (C=O) groups is 1. The third-order valence-electron chi connectivity index (χ3n) is 6.12. The number of rotatable bonds is 7. The molecule has 0 spiro atoms. The largest absolute Gasteiger partial charge is 0.465 e. The summed E-state index contributed by atoms with van der Waals surface area (Å²) >= 11 is 6.17. The third-order valence-corrected chi connectivity index (χ3v) is 8.27. The number of esters is 1. The van der Waals surface area contributed by atoms with Gasteiger partial charge in [-0.2, -0.15) is 12.7 Å². The first-order valence-electron chi connectivity index (χ1n) is 10.7. The van der Waals surface area contributed by atoms with Gasteiger partial charge in [-0.3, -0.25) is 14.2 Å². The number of hydrogen-bond donors (Lipinski definition) is 0. The lowest BCUT2D eigenvalue weighted by molar-refractivity contribution is 0.0600. The Morgan fingerprint density at radius 2 is 1.94 bits per heavy atom. The summed E-state index contributed by atoms with van der Waals surface area (Å²) in [7, 11) is -2.51. The van der Waals surface area contributed by atoms with Crippen molar-refractivity contribution in [2.45, 2.75) is 31.8 Å². The summed E-state index contributed by atoms with van der Waals surface area (Å²) in [5.41, 5.74) is 1.28. The lowest BCUT2D eigenvalue weighted by atomic mass is 9.91. The quantitative estimate of drug-likeness (QED) is 0.569. The molecule has 0 atom stereocenters. The van der Waals surface area contributed by atoms with E-state index in [0.29, 0.717) is 41.1 Å². The van der Waals surface area contributed by atoms with E-state index in [4.69, 9.17) is 16.3 Å². The summed E-state index contributed by atoms with van der Waals surface area (Å²) in [5, 5.41) is 0.450. The van der Waals surface area contributed by atoms with Crippen molar-refractivity contribution in [3.05, 3.63) is 58.9 Å². The molecule has 2 fully saturated rings. The van der Waals surface area contributed by atoms with E-state index in [2.05, 4.69) is 9.88 Å². The fourth-order valence-corrected chi connectivity index (χ4v) is 5.80. The molecule has 1 saturated heterocycles. The zero-order valence-corrected chi connectivity index (χ0v) is 19.6. The third kappa shape index (κ3) is 4.91. The maximum atomic E-state index is 13.7. The smallest absolute Gasteiger partial charge is 0.339 e. The van der Waals surface area contributed by atoms with Crippen LogP contribution in [-0.2, 0) is 21.5 Å². The molecule has 2 aliphatic rings. The molecule has 1 aliphatic carbocycles. The van der Waals surface area contributed by atoms with E-state index in [9.17, 15) is 13.2 Å². The van der Waals surface area contributed by atoms with E-state index in [1.54, 1.807) is 36.4 Å². The minimum atomic E-state index is -3.81. The van der Waals surface area contributed by atoms with Crippen molar-refractivity contribution in [2.75, 3.05) is 37.6 Å². The molecule has 1 aromatic heterocycles. The number of pyridine rings is 1. The Morgan fingerprint density at radius 1 is 1.19 bits per heavy atom. The highest BCUT2D eigenvalue weighted by atomic mass is 35.5. The average molecular weight is 479 g/mol. The Morgan fingerprint density at radius 3 is 2.50 bits per heavy atom. The molecule has 1 saturated carbocycles. The number of nitrogens with zero attached hydrogens (tertiary/aromatic N) is 4. The zero-order chi connectivity index (χ0) is 22.7. The van der Waals surface area contributed by atoms with Gasteiger partial charge in [-0.25, -0.2) is 4.79 Å². The molecule has 4 rings (SSSR count). The fourth-order valence-electron chi connectivity index (χ4n) is 4.03. The second-order valence-electron chi connectivity index (χ2n) is 8.04. The van der Waals surface area contributed by atoms with E-state index in [1.165, 1.54) is 41.2 Å². The van der Waals surface area contributed by atoms with E-state index in [-0.39, 0.29) is 6.54 Å².